The van der Waals surface area contributed by atoms with Gasteiger partial charge in [0.2, 0.25) is 0 Å². The molecule has 9 nitrogen and oxygen atoms in total. The number of ether oxygens (including phenoxy) is 1. The number of nitrogens with zero attached hydrogens (tertiary/aromatic N) is 4. The average Bonchev–Trinajstić information content (AvgIpc) is 3.55. The topological polar surface area (TPSA) is 98.6 Å². The third kappa shape index (κ3) is 5.37. The molecule has 1 aliphatic heterocycles. The van der Waals surface area contributed by atoms with Crippen molar-refractivity contribution in [2.24, 2.45) is 5.92 Å². The van der Waals surface area contributed by atoms with Crippen molar-refractivity contribution < 1.29 is 18.4 Å². The quantitative estimate of drug-likeness (QED) is 0.372. The molecule has 3 aromatic heterocycles. The lowest BCUT2D eigenvalue weighted by Gasteiger charge is -2.21. The molecule has 4 heterocycles. The fourth-order valence-electron chi connectivity index (χ4n) is 4.79. The number of rotatable bonds is 9. The van der Waals surface area contributed by atoms with Crippen LogP contribution in [0.3, 0.4) is 0 Å². The Morgan fingerprint density at radius 1 is 1.08 bits per heavy atom. The molecule has 0 saturated heterocycles. The van der Waals surface area contributed by atoms with Crippen LogP contribution in [0.5, 0.6) is 0 Å². The summed E-state index contributed by atoms with van der Waals surface area (Å²) in [4.78, 5) is 15.4. The summed E-state index contributed by atoms with van der Waals surface area (Å²) < 4.78 is 18.9. The lowest BCUT2D eigenvalue weighted by Crippen LogP contribution is -2.32. The van der Waals surface area contributed by atoms with E-state index < -0.39 is 0 Å². The van der Waals surface area contributed by atoms with Crippen LogP contribution in [0.25, 0.3) is 11.0 Å². The molecule has 1 unspecified atom stereocenters. The predicted octanol–water partition coefficient (Wildman–Crippen LogP) is 4.34. The summed E-state index contributed by atoms with van der Waals surface area (Å²) in [6.07, 6.45) is 1.53. The van der Waals surface area contributed by atoms with Gasteiger partial charge in [-0.2, -0.15) is 0 Å². The van der Waals surface area contributed by atoms with Gasteiger partial charge in [0, 0.05) is 38.6 Å². The molecule has 1 N–H and O–H groups in total. The fourth-order valence-corrected chi connectivity index (χ4v) is 4.79. The van der Waals surface area contributed by atoms with E-state index in [1.807, 2.05) is 18.2 Å². The van der Waals surface area contributed by atoms with Crippen LogP contribution in [0.2, 0.25) is 0 Å². The second-order valence-corrected chi connectivity index (χ2v) is 9.76. The van der Waals surface area contributed by atoms with E-state index >= 15 is 0 Å². The maximum Gasteiger partial charge on any atom is 0.287 e. The van der Waals surface area contributed by atoms with E-state index in [9.17, 15) is 4.79 Å². The van der Waals surface area contributed by atoms with Gasteiger partial charge in [0.1, 0.15) is 29.5 Å². The molecule has 0 radical (unpaired) electrons. The Hall–Kier alpha value is -3.43. The fraction of sp³-hybridized carbons (Fsp3) is 0.444. The molecule has 1 aromatic carbocycles. The van der Waals surface area contributed by atoms with Crippen LogP contribution < -0.4 is 5.32 Å². The molecule has 1 atom stereocenters. The van der Waals surface area contributed by atoms with Gasteiger partial charge in [-0.25, -0.2) is 0 Å². The Bertz CT molecular complexity index is 1290. The molecule has 5 rings (SSSR count). The van der Waals surface area contributed by atoms with Crippen LogP contribution >= 0.6 is 0 Å². The third-order valence-electron chi connectivity index (χ3n) is 6.50. The van der Waals surface area contributed by atoms with E-state index in [2.05, 4.69) is 51.0 Å². The molecule has 1 aliphatic rings. The number of para-hydroxylation sites is 1. The molecule has 0 aliphatic carbocycles. The van der Waals surface area contributed by atoms with Crippen molar-refractivity contribution in [3.63, 3.8) is 0 Å². The summed E-state index contributed by atoms with van der Waals surface area (Å²) in [6.45, 7) is 7.80. The number of carbonyl (C=O) groups excluding carboxylic acids is 1. The van der Waals surface area contributed by atoms with Crippen molar-refractivity contribution >= 4 is 16.9 Å². The van der Waals surface area contributed by atoms with Gasteiger partial charge in [0.25, 0.3) is 5.91 Å². The molecule has 0 fully saturated rings. The Morgan fingerprint density at radius 2 is 1.94 bits per heavy atom. The molecular formula is C27H33N5O4. The summed E-state index contributed by atoms with van der Waals surface area (Å²) in [5.41, 5.74) is 0.917. The smallest absolute Gasteiger partial charge is 0.287 e. The lowest BCUT2D eigenvalue weighted by atomic mass is 10.0. The Labute approximate surface area is 210 Å². The zero-order valence-electron chi connectivity index (χ0n) is 21.1. The van der Waals surface area contributed by atoms with E-state index in [4.69, 9.17) is 13.6 Å². The second kappa shape index (κ2) is 10.7. The average molecular weight is 492 g/mol. The number of benzene rings is 1. The first-order valence-corrected chi connectivity index (χ1v) is 12.5. The number of nitrogens with one attached hydrogen (secondary N) is 1. The number of aromatic nitrogens is 3. The van der Waals surface area contributed by atoms with Gasteiger partial charge >= 0.3 is 0 Å². The molecule has 190 valence electrons. The van der Waals surface area contributed by atoms with Gasteiger partial charge in [0.15, 0.2) is 11.6 Å². The van der Waals surface area contributed by atoms with Crippen molar-refractivity contribution in [2.75, 3.05) is 20.2 Å². The molecule has 0 bridgehead atoms. The molecule has 4 aromatic rings. The van der Waals surface area contributed by atoms with Crippen LogP contribution in [-0.4, -0.2) is 45.8 Å². The van der Waals surface area contributed by atoms with Crippen LogP contribution in [0.1, 0.15) is 60.0 Å². The summed E-state index contributed by atoms with van der Waals surface area (Å²) in [6, 6.07) is 13.4. The summed E-state index contributed by atoms with van der Waals surface area (Å²) in [7, 11) is 1.59. The van der Waals surface area contributed by atoms with Gasteiger partial charge in [0.05, 0.1) is 12.6 Å². The van der Waals surface area contributed by atoms with Gasteiger partial charge in [-0.05, 0) is 36.6 Å². The van der Waals surface area contributed by atoms with Gasteiger partial charge < -0.3 is 23.5 Å². The summed E-state index contributed by atoms with van der Waals surface area (Å²) in [5, 5.41) is 13.3. The zero-order valence-corrected chi connectivity index (χ0v) is 21.1. The van der Waals surface area contributed by atoms with Gasteiger partial charge in [-0.15, -0.1) is 10.2 Å². The molecule has 0 spiro atoms. The number of hydrogen-bond acceptors (Lipinski definition) is 7. The SMILES string of the molecule is COCc1ccc(C(=O)NC(CC(C)C)c2nnc3n2CCN(Cc2cc4ccccc4o2)CC3)o1. The minimum atomic E-state index is -0.267. The molecule has 36 heavy (non-hydrogen) atoms. The van der Waals surface area contributed by atoms with Crippen molar-refractivity contribution in [3.8, 4) is 0 Å². The minimum absolute atomic E-state index is 0.263. The first kappa shape index (κ1) is 24.3. The Kier molecular flexibility index (Phi) is 7.20. The van der Waals surface area contributed by atoms with Crippen molar-refractivity contribution in [2.45, 2.75) is 52.4 Å². The minimum Gasteiger partial charge on any atom is -0.460 e. The first-order chi connectivity index (χ1) is 17.5. The van der Waals surface area contributed by atoms with Crippen LogP contribution in [-0.2, 0) is 30.9 Å². The van der Waals surface area contributed by atoms with Gasteiger partial charge in [-0.3, -0.25) is 9.69 Å². The number of amides is 1. The van der Waals surface area contributed by atoms with E-state index in [0.29, 0.717) is 18.3 Å². The summed E-state index contributed by atoms with van der Waals surface area (Å²) >= 11 is 0. The molecule has 9 heteroatoms. The van der Waals surface area contributed by atoms with Crippen molar-refractivity contribution in [3.05, 3.63) is 71.4 Å². The van der Waals surface area contributed by atoms with Crippen molar-refractivity contribution in [1.29, 1.82) is 0 Å². The van der Waals surface area contributed by atoms with E-state index in [1.54, 1.807) is 19.2 Å². The standard InChI is InChI=1S/C27H33N5O4/c1-18(2)14-22(28-27(33)24-9-8-20(35-24)17-34-3)26-30-29-25-10-11-31(12-13-32(25)26)16-21-15-19-6-4-5-7-23(19)36-21/h4-9,15,18,22H,10-14,16-17H2,1-3H3,(H,28,33). The highest BCUT2D eigenvalue weighted by Gasteiger charge is 2.27. The number of methoxy groups -OCH3 is 1. The normalized spacial score (nSPS) is 15.2. The second-order valence-electron chi connectivity index (χ2n) is 9.76. The van der Waals surface area contributed by atoms with Crippen LogP contribution in [0, 0.1) is 5.92 Å². The van der Waals surface area contributed by atoms with E-state index in [0.717, 1.165) is 67.4 Å². The van der Waals surface area contributed by atoms with Gasteiger partial charge in [-0.1, -0.05) is 32.0 Å². The van der Waals surface area contributed by atoms with Crippen LogP contribution in [0.4, 0.5) is 0 Å². The highest BCUT2D eigenvalue weighted by molar-refractivity contribution is 5.91. The number of furan rings is 2. The monoisotopic (exact) mass is 491 g/mol. The zero-order chi connectivity index (χ0) is 25.1. The predicted molar refractivity (Wildman–Crippen MR) is 134 cm³/mol. The third-order valence-corrected chi connectivity index (χ3v) is 6.50. The number of hydrogen-bond donors (Lipinski definition) is 1. The largest absolute Gasteiger partial charge is 0.460 e. The maximum absolute atomic E-state index is 13.0. The highest BCUT2D eigenvalue weighted by Crippen LogP contribution is 2.25. The van der Waals surface area contributed by atoms with Crippen LogP contribution in [0.15, 0.2) is 51.3 Å². The number of fused-ring (bicyclic) bond motifs is 2. The van der Waals surface area contributed by atoms with E-state index in [-0.39, 0.29) is 17.7 Å². The molecular weight excluding hydrogens is 458 g/mol. The highest BCUT2D eigenvalue weighted by atomic mass is 16.5. The molecule has 0 saturated carbocycles. The Balaban J connectivity index is 1.29. The van der Waals surface area contributed by atoms with E-state index in [1.165, 1.54) is 0 Å². The number of carbonyl (C=O) groups is 1. The first-order valence-electron chi connectivity index (χ1n) is 12.5. The summed E-state index contributed by atoms with van der Waals surface area (Å²) in [5.74, 6) is 3.68. The molecule has 1 amide bonds. The van der Waals surface area contributed by atoms with Crippen molar-refractivity contribution in [1.82, 2.24) is 25.0 Å². The lowest BCUT2D eigenvalue weighted by molar-refractivity contribution is 0.0892. The Morgan fingerprint density at radius 3 is 2.75 bits per heavy atom. The maximum atomic E-state index is 13.0.